The minimum absolute atomic E-state index is 0.0290. The minimum atomic E-state index is -4.71. The highest BCUT2D eigenvalue weighted by molar-refractivity contribution is 7.46. The summed E-state index contributed by atoms with van der Waals surface area (Å²) in [7, 11) is -4.71. The predicted octanol–water partition coefficient (Wildman–Crippen LogP) is -0.446. The van der Waals surface area contributed by atoms with E-state index < -0.39 is 44.1 Å². The molecule has 12 heteroatoms. The van der Waals surface area contributed by atoms with E-state index in [0.29, 0.717) is 0 Å². The Hall–Kier alpha value is -2.01. The molecular formula is C13H15N2O9P. The van der Waals surface area contributed by atoms with Crippen LogP contribution in [0.1, 0.15) is 12.6 Å². The van der Waals surface area contributed by atoms with E-state index in [1.165, 1.54) is 12.5 Å². The average Bonchev–Trinajstić information content (AvgIpc) is 3.14. The maximum atomic E-state index is 12.0. The van der Waals surface area contributed by atoms with Crippen molar-refractivity contribution >= 4 is 7.82 Å². The Morgan fingerprint density at radius 3 is 2.80 bits per heavy atom. The van der Waals surface area contributed by atoms with Gasteiger partial charge in [0.2, 0.25) is 0 Å². The van der Waals surface area contributed by atoms with E-state index in [2.05, 4.69) is 9.51 Å². The molecule has 0 aliphatic carbocycles. The number of phosphoric ester groups is 1. The van der Waals surface area contributed by atoms with Crippen LogP contribution in [0, 0.1) is 0 Å². The topological polar surface area (TPSA) is 164 Å². The molecule has 2 aromatic rings. The number of hydrogen-bond donors (Lipinski definition) is 4. The molecule has 1 saturated heterocycles. The zero-order valence-corrected chi connectivity index (χ0v) is 13.5. The number of phosphoric acid groups is 1. The van der Waals surface area contributed by atoms with Crippen LogP contribution in [0.5, 0.6) is 0 Å². The van der Waals surface area contributed by atoms with Crippen molar-refractivity contribution in [1.29, 1.82) is 0 Å². The minimum Gasteiger partial charge on any atom is -0.464 e. The van der Waals surface area contributed by atoms with Crippen molar-refractivity contribution < 1.29 is 33.1 Å². The Morgan fingerprint density at radius 2 is 2.16 bits per heavy atom. The third-order valence-electron chi connectivity index (χ3n) is 3.68. The molecule has 0 radical (unpaired) electrons. The summed E-state index contributed by atoms with van der Waals surface area (Å²) < 4.78 is 26.7. The standard InChI is InChI=1S/C13H15N2O9P/c16-8-4-11(24-10(8)6-23-25(19,20)21)15-5-7(9-2-1-3-22-9)12(17)14-13(15)18/h1-3,5,8,10-11,16H,4,6H2,(H,14,17,18)(H2,19,20,21)/t8-,10-,11-/m1/s1. The second-order valence-electron chi connectivity index (χ2n) is 5.41. The summed E-state index contributed by atoms with van der Waals surface area (Å²) in [5.74, 6) is 0.245. The van der Waals surface area contributed by atoms with E-state index in [9.17, 15) is 19.3 Å². The molecule has 1 fully saturated rings. The lowest BCUT2D eigenvalue weighted by molar-refractivity contribution is -0.0450. The number of ether oxygens (including phenoxy) is 1. The fourth-order valence-corrected chi connectivity index (χ4v) is 2.85. The summed E-state index contributed by atoms with van der Waals surface area (Å²) in [5.41, 5.74) is -1.30. The summed E-state index contributed by atoms with van der Waals surface area (Å²) in [6.07, 6.45) is -0.512. The quantitative estimate of drug-likeness (QED) is 0.508. The monoisotopic (exact) mass is 374 g/mol. The largest absolute Gasteiger partial charge is 0.469 e. The van der Waals surface area contributed by atoms with Gasteiger partial charge in [-0.25, -0.2) is 9.36 Å². The Bertz CT molecular complexity index is 897. The van der Waals surface area contributed by atoms with Crippen molar-refractivity contribution in [2.75, 3.05) is 6.61 Å². The first-order valence-electron chi connectivity index (χ1n) is 7.17. The van der Waals surface area contributed by atoms with E-state index in [1.807, 2.05) is 0 Å². The van der Waals surface area contributed by atoms with Gasteiger partial charge in [0.25, 0.3) is 5.56 Å². The molecule has 3 heterocycles. The Labute approximate surface area is 139 Å². The second-order valence-corrected chi connectivity index (χ2v) is 6.64. The predicted molar refractivity (Wildman–Crippen MR) is 81.6 cm³/mol. The van der Waals surface area contributed by atoms with E-state index in [0.717, 1.165) is 4.57 Å². The Kier molecular flexibility index (Phi) is 4.78. The number of furan rings is 1. The normalized spacial score (nSPS) is 23.9. The first-order chi connectivity index (χ1) is 11.7. The summed E-state index contributed by atoms with van der Waals surface area (Å²) in [6, 6.07) is 3.12. The van der Waals surface area contributed by atoms with Crippen LogP contribution in [0.4, 0.5) is 0 Å². The number of aliphatic hydroxyl groups is 1. The van der Waals surface area contributed by atoms with Gasteiger partial charge >= 0.3 is 13.5 Å². The molecule has 0 aromatic carbocycles. The number of aromatic nitrogens is 2. The van der Waals surface area contributed by atoms with Crippen LogP contribution in [0.3, 0.4) is 0 Å². The molecule has 4 N–H and O–H groups in total. The van der Waals surface area contributed by atoms with Crippen LogP contribution in [0.25, 0.3) is 11.3 Å². The average molecular weight is 374 g/mol. The van der Waals surface area contributed by atoms with Gasteiger partial charge < -0.3 is 24.0 Å². The lowest BCUT2D eigenvalue weighted by atomic mass is 10.2. The van der Waals surface area contributed by atoms with Gasteiger partial charge in [0, 0.05) is 12.6 Å². The smallest absolute Gasteiger partial charge is 0.464 e. The fraction of sp³-hybridized carbons (Fsp3) is 0.385. The molecule has 25 heavy (non-hydrogen) atoms. The van der Waals surface area contributed by atoms with Crippen molar-refractivity contribution in [2.24, 2.45) is 0 Å². The van der Waals surface area contributed by atoms with E-state index in [-0.39, 0.29) is 17.7 Å². The van der Waals surface area contributed by atoms with Crippen LogP contribution in [0.15, 0.2) is 38.6 Å². The molecule has 2 aromatic heterocycles. The van der Waals surface area contributed by atoms with Gasteiger partial charge in [-0.15, -0.1) is 0 Å². The van der Waals surface area contributed by atoms with Crippen LogP contribution < -0.4 is 11.2 Å². The molecule has 1 aliphatic heterocycles. The number of nitrogens with zero attached hydrogens (tertiary/aromatic N) is 1. The highest BCUT2D eigenvalue weighted by Crippen LogP contribution is 2.38. The van der Waals surface area contributed by atoms with E-state index in [1.54, 1.807) is 12.1 Å². The van der Waals surface area contributed by atoms with Gasteiger partial charge in [0.15, 0.2) is 0 Å². The van der Waals surface area contributed by atoms with Gasteiger partial charge in [-0.2, -0.15) is 0 Å². The van der Waals surface area contributed by atoms with Crippen molar-refractivity contribution in [3.05, 3.63) is 45.4 Å². The fourth-order valence-electron chi connectivity index (χ4n) is 2.51. The first kappa shape index (κ1) is 17.8. The molecule has 3 atom stereocenters. The number of hydrogen-bond acceptors (Lipinski definition) is 7. The molecule has 11 nitrogen and oxygen atoms in total. The summed E-state index contributed by atoms with van der Waals surface area (Å²) >= 11 is 0. The number of nitrogens with one attached hydrogen (secondary N) is 1. The van der Waals surface area contributed by atoms with E-state index >= 15 is 0 Å². The third kappa shape index (κ3) is 3.98. The Balaban J connectivity index is 1.85. The van der Waals surface area contributed by atoms with Crippen molar-refractivity contribution in [1.82, 2.24) is 9.55 Å². The number of rotatable bonds is 5. The molecule has 0 bridgehead atoms. The molecule has 3 rings (SSSR count). The maximum absolute atomic E-state index is 12.0. The molecular weight excluding hydrogens is 359 g/mol. The van der Waals surface area contributed by atoms with Crippen molar-refractivity contribution in [2.45, 2.75) is 24.9 Å². The molecule has 0 amide bonds. The van der Waals surface area contributed by atoms with Gasteiger partial charge in [-0.3, -0.25) is 18.9 Å². The maximum Gasteiger partial charge on any atom is 0.469 e. The second kappa shape index (κ2) is 6.71. The van der Waals surface area contributed by atoms with Crippen molar-refractivity contribution in [3.63, 3.8) is 0 Å². The van der Waals surface area contributed by atoms with Crippen LogP contribution in [-0.2, 0) is 13.8 Å². The Morgan fingerprint density at radius 1 is 1.40 bits per heavy atom. The first-order valence-corrected chi connectivity index (χ1v) is 8.70. The lowest BCUT2D eigenvalue weighted by Crippen LogP contribution is -2.33. The van der Waals surface area contributed by atoms with Crippen LogP contribution in [-0.4, -0.2) is 43.3 Å². The van der Waals surface area contributed by atoms with Crippen LogP contribution >= 0.6 is 7.82 Å². The summed E-state index contributed by atoms with van der Waals surface area (Å²) in [6.45, 7) is -0.551. The highest BCUT2D eigenvalue weighted by atomic mass is 31.2. The molecule has 1 aliphatic rings. The molecule has 136 valence electrons. The third-order valence-corrected chi connectivity index (χ3v) is 4.16. The van der Waals surface area contributed by atoms with Crippen LogP contribution in [0.2, 0.25) is 0 Å². The summed E-state index contributed by atoms with van der Waals surface area (Å²) in [5, 5.41) is 9.95. The van der Waals surface area contributed by atoms with E-state index in [4.69, 9.17) is 18.9 Å². The zero-order valence-electron chi connectivity index (χ0n) is 12.6. The van der Waals surface area contributed by atoms with Gasteiger partial charge in [-0.1, -0.05) is 0 Å². The van der Waals surface area contributed by atoms with Gasteiger partial charge in [-0.05, 0) is 12.1 Å². The highest BCUT2D eigenvalue weighted by Gasteiger charge is 2.37. The molecule has 0 spiro atoms. The van der Waals surface area contributed by atoms with Crippen molar-refractivity contribution in [3.8, 4) is 11.3 Å². The van der Waals surface area contributed by atoms with Gasteiger partial charge in [0.05, 0.1) is 24.5 Å². The van der Waals surface area contributed by atoms with Gasteiger partial charge in [0.1, 0.15) is 18.1 Å². The summed E-state index contributed by atoms with van der Waals surface area (Å²) in [4.78, 5) is 43.5. The molecule has 0 saturated carbocycles. The number of H-pyrrole nitrogens is 1. The number of aromatic amines is 1. The SMILES string of the molecule is O=c1[nH]c(=O)n([C@H]2C[C@@H](O)[C@@H](COP(=O)(O)O)O2)cc1-c1ccco1. The number of aliphatic hydroxyl groups excluding tert-OH is 1. The zero-order chi connectivity index (χ0) is 18.2. The lowest BCUT2D eigenvalue weighted by Gasteiger charge is -2.16. The molecule has 0 unspecified atom stereocenters.